The van der Waals surface area contributed by atoms with Crippen LogP contribution in [0.1, 0.15) is 27.7 Å². The summed E-state index contributed by atoms with van der Waals surface area (Å²) in [5.74, 6) is -0.293. The van der Waals surface area contributed by atoms with E-state index >= 15 is 0 Å². The van der Waals surface area contributed by atoms with Crippen molar-refractivity contribution in [1.29, 1.82) is 5.26 Å². The van der Waals surface area contributed by atoms with E-state index in [0.29, 0.717) is 16.0 Å². The van der Waals surface area contributed by atoms with E-state index in [4.69, 9.17) is 10.00 Å². The van der Waals surface area contributed by atoms with E-state index in [-0.39, 0.29) is 10.9 Å². The maximum Gasteiger partial charge on any atom is 0.237 e. The van der Waals surface area contributed by atoms with Crippen LogP contribution >= 0.6 is 11.3 Å². The Morgan fingerprint density at radius 3 is 2.56 bits per heavy atom. The van der Waals surface area contributed by atoms with Crippen LogP contribution in [-0.2, 0) is 4.74 Å². The number of rotatable bonds is 9. The van der Waals surface area contributed by atoms with Crippen LogP contribution in [0.4, 0.5) is 5.13 Å². The third kappa shape index (κ3) is 5.54. The molecule has 0 saturated carbocycles. The maximum atomic E-state index is 12.4. The van der Waals surface area contributed by atoms with Gasteiger partial charge in [-0.3, -0.25) is 4.79 Å². The fourth-order valence-electron chi connectivity index (χ4n) is 2.13. The average molecular weight is 393 g/mol. The number of benzene rings is 1. The molecular formula is C17H19N3O6S. The van der Waals surface area contributed by atoms with E-state index in [0.717, 1.165) is 11.3 Å². The van der Waals surface area contributed by atoms with Crippen LogP contribution in [0.3, 0.4) is 0 Å². The highest BCUT2D eigenvalue weighted by Crippen LogP contribution is 2.22. The van der Waals surface area contributed by atoms with Gasteiger partial charge in [0.15, 0.2) is 5.13 Å². The Kier molecular flexibility index (Phi) is 7.37. The molecule has 0 fully saturated rings. The number of hydrogen-bond acceptors (Lipinski definition) is 10. The Morgan fingerprint density at radius 2 is 2.00 bits per heavy atom. The van der Waals surface area contributed by atoms with Crippen molar-refractivity contribution in [2.45, 2.75) is 31.6 Å². The molecule has 1 heterocycles. The third-order valence-corrected chi connectivity index (χ3v) is 4.54. The van der Waals surface area contributed by atoms with Crippen LogP contribution in [0.15, 0.2) is 30.5 Å². The zero-order valence-corrected chi connectivity index (χ0v) is 15.1. The highest BCUT2D eigenvalue weighted by molar-refractivity contribution is 7.17. The first-order valence-corrected chi connectivity index (χ1v) is 8.75. The standard InChI is InChI=1S/C17H19N3O6S/c1-9(22)14(23)12(8-21)26-17(25)20-16-19-7-13(27-16)15(24)11-4-2-10(6-18)3-5-11/h2-5,7,9,12,14,17,21-23,25H,8H2,1H3,(H,19,20). The van der Waals surface area contributed by atoms with E-state index in [2.05, 4.69) is 10.3 Å². The third-order valence-electron chi connectivity index (χ3n) is 3.61. The minimum Gasteiger partial charge on any atom is -0.394 e. The smallest absolute Gasteiger partial charge is 0.237 e. The molecule has 27 heavy (non-hydrogen) atoms. The molecule has 0 radical (unpaired) electrons. The molecule has 1 aromatic heterocycles. The SMILES string of the molecule is CC(O)C(O)C(CO)OC(O)Nc1ncc(C(=O)c2ccc(C#N)cc2)s1. The fourth-order valence-corrected chi connectivity index (χ4v) is 2.92. The summed E-state index contributed by atoms with van der Waals surface area (Å²) in [6, 6.07) is 8.11. The number of ketones is 1. The summed E-state index contributed by atoms with van der Waals surface area (Å²) in [6.45, 7) is 0.698. The summed E-state index contributed by atoms with van der Waals surface area (Å²) in [6.07, 6.45) is -4.07. The molecule has 0 spiro atoms. The zero-order valence-electron chi connectivity index (χ0n) is 14.3. The summed E-state index contributed by atoms with van der Waals surface area (Å²) in [5, 5.41) is 49.5. The molecule has 0 bridgehead atoms. The summed E-state index contributed by atoms with van der Waals surface area (Å²) >= 11 is 0.972. The summed E-state index contributed by atoms with van der Waals surface area (Å²) in [4.78, 5) is 16.7. The number of nitriles is 1. The highest BCUT2D eigenvalue weighted by atomic mass is 32.1. The molecule has 4 atom stereocenters. The fraction of sp³-hybridized carbons (Fsp3) is 0.353. The lowest BCUT2D eigenvalue weighted by atomic mass is 10.1. The van der Waals surface area contributed by atoms with Gasteiger partial charge < -0.3 is 30.5 Å². The predicted molar refractivity (Wildman–Crippen MR) is 96.0 cm³/mol. The zero-order chi connectivity index (χ0) is 20.0. The number of carbonyl (C=O) groups excluding carboxylic acids is 1. The number of aliphatic hydroxyl groups excluding tert-OH is 4. The van der Waals surface area contributed by atoms with E-state index in [1.165, 1.54) is 37.4 Å². The second kappa shape index (κ2) is 9.52. The van der Waals surface area contributed by atoms with Crippen LogP contribution in [0.25, 0.3) is 0 Å². The van der Waals surface area contributed by atoms with E-state index < -0.39 is 31.3 Å². The van der Waals surface area contributed by atoms with Crippen molar-refractivity contribution in [3.8, 4) is 6.07 Å². The Labute approximate surface area is 159 Å². The molecule has 0 aliphatic rings. The molecule has 0 aliphatic heterocycles. The molecule has 5 N–H and O–H groups in total. The monoisotopic (exact) mass is 393 g/mol. The van der Waals surface area contributed by atoms with Crippen LogP contribution < -0.4 is 5.32 Å². The van der Waals surface area contributed by atoms with Crippen molar-refractivity contribution in [2.24, 2.45) is 0 Å². The van der Waals surface area contributed by atoms with Crippen molar-refractivity contribution >= 4 is 22.3 Å². The van der Waals surface area contributed by atoms with E-state index in [9.17, 15) is 25.2 Å². The molecule has 0 saturated heterocycles. The number of ether oxygens (including phenoxy) is 1. The van der Waals surface area contributed by atoms with Gasteiger partial charge in [0.25, 0.3) is 0 Å². The number of thiazole rings is 1. The molecule has 1 aromatic carbocycles. The number of aromatic nitrogens is 1. The lowest BCUT2D eigenvalue weighted by molar-refractivity contribution is -0.177. The average Bonchev–Trinajstić information content (AvgIpc) is 3.13. The van der Waals surface area contributed by atoms with E-state index in [1.54, 1.807) is 0 Å². The number of nitrogens with one attached hydrogen (secondary N) is 1. The van der Waals surface area contributed by atoms with Gasteiger partial charge in [-0.1, -0.05) is 11.3 Å². The molecule has 144 valence electrons. The van der Waals surface area contributed by atoms with Gasteiger partial charge in [0.05, 0.1) is 35.4 Å². The van der Waals surface area contributed by atoms with Gasteiger partial charge in [0.2, 0.25) is 12.2 Å². The highest BCUT2D eigenvalue weighted by Gasteiger charge is 2.26. The summed E-state index contributed by atoms with van der Waals surface area (Å²) in [7, 11) is 0. The second-order valence-electron chi connectivity index (χ2n) is 5.63. The van der Waals surface area contributed by atoms with E-state index in [1.807, 2.05) is 6.07 Å². The summed E-state index contributed by atoms with van der Waals surface area (Å²) in [5.41, 5.74) is 0.831. The Morgan fingerprint density at radius 1 is 1.33 bits per heavy atom. The maximum absolute atomic E-state index is 12.4. The molecule has 2 rings (SSSR count). The normalized spacial score (nSPS) is 15.4. The number of nitrogens with zero attached hydrogens (tertiary/aromatic N) is 2. The lowest BCUT2D eigenvalue weighted by Gasteiger charge is -2.25. The van der Waals surface area contributed by atoms with Gasteiger partial charge in [-0.2, -0.15) is 5.26 Å². The van der Waals surface area contributed by atoms with Gasteiger partial charge in [0.1, 0.15) is 12.2 Å². The van der Waals surface area contributed by atoms with Crippen LogP contribution in [0, 0.1) is 11.3 Å². The van der Waals surface area contributed by atoms with Crippen LogP contribution in [-0.4, -0.2) is 62.5 Å². The minimum atomic E-state index is -1.63. The topological polar surface area (TPSA) is 156 Å². The van der Waals surface area contributed by atoms with Crippen molar-refractivity contribution in [3.63, 3.8) is 0 Å². The van der Waals surface area contributed by atoms with Gasteiger partial charge in [-0.05, 0) is 31.2 Å². The Bertz CT molecular complexity index is 802. The van der Waals surface area contributed by atoms with Crippen molar-refractivity contribution < 1.29 is 30.0 Å². The van der Waals surface area contributed by atoms with Crippen LogP contribution in [0.2, 0.25) is 0 Å². The molecule has 2 aromatic rings. The lowest BCUT2D eigenvalue weighted by Crippen LogP contribution is -2.43. The predicted octanol–water partition coefficient (Wildman–Crippen LogP) is 0.0528. The van der Waals surface area contributed by atoms with Gasteiger partial charge >= 0.3 is 0 Å². The molecular weight excluding hydrogens is 374 g/mol. The van der Waals surface area contributed by atoms with Crippen molar-refractivity contribution in [2.75, 3.05) is 11.9 Å². The van der Waals surface area contributed by atoms with Crippen LogP contribution in [0.5, 0.6) is 0 Å². The molecule has 9 nitrogen and oxygen atoms in total. The number of anilines is 1. The first kappa shape index (κ1) is 20.9. The number of carbonyl (C=O) groups is 1. The Hall–Kier alpha value is -2.39. The first-order valence-electron chi connectivity index (χ1n) is 7.93. The van der Waals surface area contributed by atoms with Gasteiger partial charge in [-0.15, -0.1) is 0 Å². The molecule has 4 unspecified atom stereocenters. The first-order chi connectivity index (χ1) is 12.8. The minimum absolute atomic E-state index is 0.183. The van der Waals surface area contributed by atoms with Crippen molar-refractivity contribution in [1.82, 2.24) is 4.98 Å². The van der Waals surface area contributed by atoms with Crippen molar-refractivity contribution in [3.05, 3.63) is 46.5 Å². The molecule has 10 heteroatoms. The quantitative estimate of drug-likeness (QED) is 0.293. The van der Waals surface area contributed by atoms with Gasteiger partial charge in [-0.25, -0.2) is 4.98 Å². The Balaban J connectivity index is 2.00. The molecule has 0 aliphatic carbocycles. The second-order valence-corrected chi connectivity index (χ2v) is 6.66. The largest absolute Gasteiger partial charge is 0.394 e. The van der Waals surface area contributed by atoms with Gasteiger partial charge in [0, 0.05) is 5.56 Å². The number of aliphatic hydroxyl groups is 4. The number of hydrogen-bond donors (Lipinski definition) is 5. The molecule has 0 amide bonds. The summed E-state index contributed by atoms with van der Waals surface area (Å²) < 4.78 is 5.04.